The Hall–Kier alpha value is -1.88. The van der Waals surface area contributed by atoms with Crippen LogP contribution in [0.3, 0.4) is 0 Å². The number of carbonyl (C=O) groups is 2. The normalized spacial score (nSPS) is 17.8. The van der Waals surface area contributed by atoms with Crippen LogP contribution in [0.15, 0.2) is 24.3 Å². The fourth-order valence-electron chi connectivity index (χ4n) is 2.13. The second-order valence-electron chi connectivity index (χ2n) is 4.87. The number of ether oxygens (including phenoxy) is 1. The summed E-state index contributed by atoms with van der Waals surface area (Å²) in [5.41, 5.74) is 1.35. The molecule has 1 aromatic rings. The summed E-state index contributed by atoms with van der Waals surface area (Å²) in [6.07, 6.45) is 2.63. The van der Waals surface area contributed by atoms with Crippen molar-refractivity contribution in [3.63, 3.8) is 0 Å². The van der Waals surface area contributed by atoms with Crippen LogP contribution in [0.4, 0.5) is 11.4 Å². The molecule has 0 radical (unpaired) electrons. The van der Waals surface area contributed by atoms with Crippen LogP contribution < -0.4 is 10.6 Å². The molecule has 5 nitrogen and oxygen atoms in total. The molecule has 1 unspecified atom stereocenters. The number of hydrogen-bond donors (Lipinski definition) is 2. The summed E-state index contributed by atoms with van der Waals surface area (Å²) in [6, 6.07) is 7.14. The molecule has 2 N–H and O–H groups in total. The van der Waals surface area contributed by atoms with Crippen molar-refractivity contribution in [1.29, 1.82) is 0 Å². The zero-order chi connectivity index (χ0) is 14.4. The molecular weight excluding hydrogens is 256 g/mol. The van der Waals surface area contributed by atoms with Crippen LogP contribution >= 0.6 is 0 Å². The van der Waals surface area contributed by atoms with Crippen molar-refractivity contribution in [2.24, 2.45) is 0 Å². The lowest BCUT2D eigenvalue weighted by Crippen LogP contribution is -2.26. The van der Waals surface area contributed by atoms with E-state index in [-0.39, 0.29) is 17.9 Å². The van der Waals surface area contributed by atoms with Crippen LogP contribution in [0.2, 0.25) is 0 Å². The largest absolute Gasteiger partial charge is 0.368 e. The quantitative estimate of drug-likeness (QED) is 0.868. The fourth-order valence-corrected chi connectivity index (χ4v) is 2.13. The molecule has 0 bridgehead atoms. The van der Waals surface area contributed by atoms with E-state index in [1.165, 1.54) is 0 Å². The minimum atomic E-state index is -0.353. The molecule has 0 aliphatic carbocycles. The Bertz CT molecular complexity index is 482. The molecule has 1 saturated heterocycles. The molecule has 1 aliphatic heterocycles. The first-order chi connectivity index (χ1) is 9.69. The Morgan fingerprint density at radius 3 is 2.70 bits per heavy atom. The monoisotopic (exact) mass is 276 g/mol. The van der Waals surface area contributed by atoms with Crippen LogP contribution in [0, 0.1) is 0 Å². The van der Waals surface area contributed by atoms with E-state index in [1.54, 1.807) is 24.3 Å². The minimum Gasteiger partial charge on any atom is -0.368 e. The van der Waals surface area contributed by atoms with Gasteiger partial charge in [0.2, 0.25) is 5.91 Å². The molecule has 2 rings (SSSR count). The van der Waals surface area contributed by atoms with Crippen LogP contribution in [0.25, 0.3) is 0 Å². The van der Waals surface area contributed by atoms with Crippen molar-refractivity contribution in [2.45, 2.75) is 38.7 Å². The predicted molar refractivity (Wildman–Crippen MR) is 77.6 cm³/mol. The van der Waals surface area contributed by atoms with E-state index in [4.69, 9.17) is 4.74 Å². The van der Waals surface area contributed by atoms with E-state index < -0.39 is 0 Å². The molecular formula is C15H20N2O3. The highest BCUT2D eigenvalue weighted by Crippen LogP contribution is 2.18. The number of nitrogens with one attached hydrogen (secondary N) is 2. The van der Waals surface area contributed by atoms with Gasteiger partial charge in [-0.15, -0.1) is 0 Å². The number of hydrogen-bond acceptors (Lipinski definition) is 3. The molecule has 1 heterocycles. The summed E-state index contributed by atoms with van der Waals surface area (Å²) < 4.78 is 5.33. The molecule has 1 aliphatic rings. The Morgan fingerprint density at radius 1 is 1.30 bits per heavy atom. The maximum Gasteiger partial charge on any atom is 0.253 e. The first-order valence-electron chi connectivity index (χ1n) is 7.01. The third-order valence-electron chi connectivity index (χ3n) is 3.11. The summed E-state index contributed by atoms with van der Waals surface area (Å²) in [4.78, 5) is 23.5. The number of benzene rings is 1. The van der Waals surface area contributed by atoms with Gasteiger partial charge < -0.3 is 15.4 Å². The molecule has 2 amide bonds. The molecule has 1 aromatic carbocycles. The molecule has 1 fully saturated rings. The van der Waals surface area contributed by atoms with E-state index in [9.17, 15) is 9.59 Å². The molecule has 1 atom stereocenters. The molecule has 108 valence electrons. The van der Waals surface area contributed by atoms with Crippen molar-refractivity contribution >= 4 is 23.2 Å². The van der Waals surface area contributed by atoms with E-state index in [0.717, 1.165) is 19.3 Å². The Labute approximate surface area is 118 Å². The number of rotatable bonds is 5. The van der Waals surface area contributed by atoms with Crippen molar-refractivity contribution in [2.75, 3.05) is 17.2 Å². The summed E-state index contributed by atoms with van der Waals surface area (Å²) >= 11 is 0. The van der Waals surface area contributed by atoms with Crippen LogP contribution in [0.5, 0.6) is 0 Å². The predicted octanol–water partition coefficient (Wildman–Crippen LogP) is 2.54. The SMILES string of the molecule is CCCC(=O)Nc1cccc(NC(=O)C2CCCO2)c1. The van der Waals surface area contributed by atoms with Gasteiger partial charge in [0.15, 0.2) is 0 Å². The van der Waals surface area contributed by atoms with Crippen LogP contribution in [0.1, 0.15) is 32.6 Å². The molecule has 5 heteroatoms. The Morgan fingerprint density at radius 2 is 2.05 bits per heavy atom. The van der Waals surface area contributed by atoms with Crippen LogP contribution in [-0.2, 0) is 14.3 Å². The van der Waals surface area contributed by atoms with Crippen molar-refractivity contribution in [3.8, 4) is 0 Å². The maximum atomic E-state index is 11.9. The second-order valence-corrected chi connectivity index (χ2v) is 4.87. The van der Waals surface area contributed by atoms with Crippen molar-refractivity contribution in [3.05, 3.63) is 24.3 Å². The first kappa shape index (κ1) is 14.5. The van der Waals surface area contributed by atoms with Gasteiger partial charge in [-0.3, -0.25) is 9.59 Å². The van der Waals surface area contributed by atoms with E-state index in [2.05, 4.69) is 10.6 Å². The number of amides is 2. The number of anilines is 2. The standard InChI is InChI=1S/C15H20N2O3/c1-2-5-14(18)16-11-6-3-7-12(10-11)17-15(19)13-8-4-9-20-13/h3,6-7,10,13H,2,4-5,8-9H2,1H3,(H,16,18)(H,17,19). The number of carbonyl (C=O) groups excluding carboxylic acids is 2. The zero-order valence-electron chi connectivity index (χ0n) is 11.6. The third-order valence-corrected chi connectivity index (χ3v) is 3.11. The van der Waals surface area contributed by atoms with E-state index in [1.807, 2.05) is 6.92 Å². The summed E-state index contributed by atoms with van der Waals surface area (Å²) in [7, 11) is 0. The van der Waals surface area contributed by atoms with Gasteiger partial charge in [-0.05, 0) is 37.5 Å². The highest BCUT2D eigenvalue weighted by molar-refractivity contribution is 5.96. The highest BCUT2D eigenvalue weighted by Gasteiger charge is 2.23. The van der Waals surface area contributed by atoms with Gasteiger partial charge in [0, 0.05) is 24.4 Å². The topological polar surface area (TPSA) is 67.4 Å². The Balaban J connectivity index is 1.95. The van der Waals surface area contributed by atoms with E-state index >= 15 is 0 Å². The highest BCUT2D eigenvalue weighted by atomic mass is 16.5. The van der Waals surface area contributed by atoms with Gasteiger partial charge in [0.05, 0.1) is 0 Å². The first-order valence-corrected chi connectivity index (χ1v) is 7.01. The smallest absolute Gasteiger partial charge is 0.253 e. The van der Waals surface area contributed by atoms with Crippen LogP contribution in [-0.4, -0.2) is 24.5 Å². The van der Waals surface area contributed by atoms with Gasteiger partial charge in [-0.25, -0.2) is 0 Å². The average Bonchev–Trinajstić information content (AvgIpc) is 2.93. The Kier molecular flexibility index (Phi) is 5.12. The zero-order valence-corrected chi connectivity index (χ0v) is 11.6. The molecule has 20 heavy (non-hydrogen) atoms. The molecule has 0 spiro atoms. The summed E-state index contributed by atoms with van der Waals surface area (Å²) in [6.45, 7) is 2.60. The van der Waals surface area contributed by atoms with Gasteiger partial charge in [-0.2, -0.15) is 0 Å². The lowest BCUT2D eigenvalue weighted by molar-refractivity contribution is -0.124. The third kappa shape index (κ3) is 4.06. The minimum absolute atomic E-state index is 0.0184. The van der Waals surface area contributed by atoms with E-state index in [0.29, 0.717) is 24.4 Å². The molecule has 0 saturated carbocycles. The lowest BCUT2D eigenvalue weighted by Gasteiger charge is -2.11. The maximum absolute atomic E-state index is 11.9. The average molecular weight is 276 g/mol. The van der Waals surface area contributed by atoms with Crippen molar-refractivity contribution < 1.29 is 14.3 Å². The fraction of sp³-hybridized carbons (Fsp3) is 0.467. The van der Waals surface area contributed by atoms with Gasteiger partial charge >= 0.3 is 0 Å². The summed E-state index contributed by atoms with van der Waals surface area (Å²) in [5.74, 6) is -0.144. The van der Waals surface area contributed by atoms with Crippen molar-refractivity contribution in [1.82, 2.24) is 0 Å². The lowest BCUT2D eigenvalue weighted by atomic mass is 10.2. The second kappa shape index (κ2) is 7.05. The van der Waals surface area contributed by atoms with Gasteiger partial charge in [0.1, 0.15) is 6.10 Å². The van der Waals surface area contributed by atoms with Gasteiger partial charge in [-0.1, -0.05) is 13.0 Å². The van der Waals surface area contributed by atoms with Gasteiger partial charge in [0.25, 0.3) is 5.91 Å². The summed E-state index contributed by atoms with van der Waals surface area (Å²) in [5, 5.41) is 5.62. The molecule has 0 aromatic heterocycles.